The Balaban J connectivity index is 1.74. The second-order valence-electron chi connectivity index (χ2n) is 22.1. The minimum Gasteiger partial charge on any atom is -0.324 e. The van der Waals surface area contributed by atoms with Crippen LogP contribution in [-0.4, -0.2) is 49.5 Å². The van der Waals surface area contributed by atoms with Crippen LogP contribution in [-0.2, 0) is 0 Å². The molecule has 0 saturated heterocycles. The second kappa shape index (κ2) is 48.6. The summed E-state index contributed by atoms with van der Waals surface area (Å²) in [7, 11) is 0. The van der Waals surface area contributed by atoms with E-state index in [4.69, 9.17) is 15.0 Å². The fraction of sp³-hybridized carbons (Fsp3) is 0.696. The number of aromatic nitrogens is 3. The van der Waals surface area contributed by atoms with E-state index in [0.717, 1.165) is 39.9 Å². The zero-order valence-corrected chi connectivity index (χ0v) is 56.5. The molecule has 0 atom stereocenters. The first-order chi connectivity index (χ1) is 39.5. The van der Waals surface area contributed by atoms with E-state index in [2.05, 4.69) is 165 Å². The summed E-state index contributed by atoms with van der Waals surface area (Å²) < 4.78 is 0. The van der Waals surface area contributed by atoms with Crippen LogP contribution in [0.25, 0.3) is 11.4 Å². The van der Waals surface area contributed by atoms with Crippen LogP contribution in [0.3, 0.4) is 0 Å². The summed E-state index contributed by atoms with van der Waals surface area (Å²) in [5.74, 6) is 8.71. The number of hydrogen-bond acceptors (Lipinski definition) is 11. The van der Waals surface area contributed by atoms with Crippen molar-refractivity contribution in [2.24, 2.45) is 0 Å². The third-order valence-electron chi connectivity index (χ3n) is 14.7. The van der Waals surface area contributed by atoms with E-state index in [1.807, 2.05) is 12.1 Å². The summed E-state index contributed by atoms with van der Waals surface area (Å²) in [6.07, 6.45) is 47.6. The van der Waals surface area contributed by atoms with Crippen molar-refractivity contribution < 1.29 is 0 Å². The third-order valence-corrected chi connectivity index (χ3v) is 22.1. The lowest BCUT2D eigenvalue weighted by Gasteiger charge is -2.19. The van der Waals surface area contributed by atoms with Gasteiger partial charge in [0.1, 0.15) is 0 Å². The molecule has 80 heavy (non-hydrogen) atoms. The van der Waals surface area contributed by atoms with E-state index in [1.54, 1.807) is 0 Å². The van der Waals surface area contributed by atoms with Crippen LogP contribution in [0.4, 0.5) is 23.3 Å². The van der Waals surface area contributed by atoms with Crippen molar-refractivity contribution in [1.29, 1.82) is 0 Å². The van der Waals surface area contributed by atoms with Gasteiger partial charge >= 0.3 is 0 Å². The van der Waals surface area contributed by atoms with Gasteiger partial charge in [-0.15, -0.1) is 70.6 Å². The van der Waals surface area contributed by atoms with Crippen LogP contribution in [0.2, 0.25) is 0 Å². The largest absolute Gasteiger partial charge is 0.324 e. The molecule has 1 heterocycles. The Kier molecular flexibility index (Phi) is 43.0. The molecule has 0 unspecified atom stereocenters. The molecule has 0 aliphatic rings. The summed E-state index contributed by atoms with van der Waals surface area (Å²) in [6.45, 7) is 13.9. The molecule has 0 saturated carbocycles. The molecule has 0 bridgehead atoms. The SMILES string of the molecule is CCCCCCCCSc1cc(Nc2nc(Nc3cc(SCCCCCCCC)c(SCCCCCCCC)c(SCCCCCCCC)c3)nc(-c3cc[c]cc3)n2)cc(SCCCCCCCC)c1SCCCCCCCC. The minimum absolute atomic E-state index is 0.568. The first-order valence-corrected chi connectivity index (χ1v) is 38.8. The number of benzene rings is 3. The Bertz CT molecular complexity index is 1920. The number of nitrogens with zero attached hydrogens (tertiary/aromatic N) is 3. The minimum atomic E-state index is 0.568. The Labute approximate surface area is 518 Å². The predicted octanol–water partition coefficient (Wildman–Crippen LogP) is 25.5. The smallest absolute Gasteiger partial charge is 0.232 e. The highest BCUT2D eigenvalue weighted by Crippen LogP contribution is 2.45. The molecule has 4 rings (SSSR count). The Morgan fingerprint density at radius 1 is 0.312 bits per heavy atom. The maximum Gasteiger partial charge on any atom is 0.232 e. The van der Waals surface area contributed by atoms with E-state index < -0.39 is 0 Å². The maximum absolute atomic E-state index is 5.25. The number of unbranched alkanes of at least 4 members (excludes halogenated alkanes) is 30. The van der Waals surface area contributed by atoms with E-state index >= 15 is 0 Å². The highest BCUT2D eigenvalue weighted by Gasteiger charge is 2.19. The molecule has 0 fully saturated rings. The van der Waals surface area contributed by atoms with Crippen LogP contribution in [0.5, 0.6) is 0 Å². The molecular formula is C69H112N5S6. The monoisotopic (exact) mass is 1200 g/mol. The van der Waals surface area contributed by atoms with Gasteiger partial charge in [-0.25, -0.2) is 0 Å². The Morgan fingerprint density at radius 3 is 0.838 bits per heavy atom. The van der Waals surface area contributed by atoms with Crippen molar-refractivity contribution in [3.05, 3.63) is 54.6 Å². The molecule has 0 spiro atoms. The van der Waals surface area contributed by atoms with Crippen molar-refractivity contribution in [2.45, 2.75) is 302 Å². The first kappa shape index (κ1) is 70.9. The lowest BCUT2D eigenvalue weighted by molar-refractivity contribution is 0.626. The number of rotatable bonds is 53. The topological polar surface area (TPSA) is 62.7 Å². The molecule has 1 aromatic heterocycles. The Hall–Kier alpha value is -1.63. The lowest BCUT2D eigenvalue weighted by Crippen LogP contribution is -2.06. The molecule has 11 heteroatoms. The zero-order valence-electron chi connectivity index (χ0n) is 51.6. The van der Waals surface area contributed by atoms with Gasteiger partial charge in [-0.05, 0) is 103 Å². The van der Waals surface area contributed by atoms with E-state index in [1.165, 1.54) is 272 Å². The first-order valence-electron chi connectivity index (χ1n) is 32.9. The summed E-state index contributed by atoms with van der Waals surface area (Å²) in [6, 6.07) is 20.9. The van der Waals surface area contributed by atoms with Crippen molar-refractivity contribution >= 4 is 93.8 Å². The fourth-order valence-corrected chi connectivity index (χ4v) is 17.3. The molecule has 5 nitrogen and oxygen atoms in total. The quantitative estimate of drug-likeness (QED) is 0.0328. The number of hydrogen-bond donors (Lipinski definition) is 2. The maximum atomic E-state index is 5.25. The molecule has 0 amide bonds. The summed E-state index contributed by atoms with van der Waals surface area (Å²) in [5, 5.41) is 7.64. The predicted molar refractivity (Wildman–Crippen MR) is 368 cm³/mol. The normalized spacial score (nSPS) is 11.5. The van der Waals surface area contributed by atoms with Gasteiger partial charge in [-0.2, -0.15) is 15.0 Å². The van der Waals surface area contributed by atoms with Crippen molar-refractivity contribution in [2.75, 3.05) is 45.2 Å². The third kappa shape index (κ3) is 32.0. The van der Waals surface area contributed by atoms with E-state index in [-0.39, 0.29) is 0 Å². The Morgan fingerprint density at radius 2 is 0.562 bits per heavy atom. The molecule has 449 valence electrons. The highest BCUT2D eigenvalue weighted by molar-refractivity contribution is 8.04. The van der Waals surface area contributed by atoms with Crippen molar-refractivity contribution in [3.63, 3.8) is 0 Å². The van der Waals surface area contributed by atoms with Gasteiger partial charge in [0.15, 0.2) is 5.82 Å². The van der Waals surface area contributed by atoms with Gasteiger partial charge in [0.2, 0.25) is 11.9 Å². The van der Waals surface area contributed by atoms with Gasteiger partial charge in [-0.1, -0.05) is 258 Å². The summed E-state index contributed by atoms with van der Waals surface area (Å²) in [5.41, 5.74) is 3.07. The van der Waals surface area contributed by atoms with Crippen LogP contribution in [0.1, 0.15) is 273 Å². The van der Waals surface area contributed by atoms with Gasteiger partial charge in [-0.3, -0.25) is 0 Å². The van der Waals surface area contributed by atoms with E-state index in [9.17, 15) is 0 Å². The average Bonchev–Trinajstić information content (AvgIpc) is 3.47. The second-order valence-corrected chi connectivity index (χ2v) is 28.9. The van der Waals surface area contributed by atoms with Crippen LogP contribution < -0.4 is 10.6 Å². The summed E-state index contributed by atoms with van der Waals surface area (Å²) in [4.78, 5) is 24.2. The van der Waals surface area contributed by atoms with Crippen LogP contribution >= 0.6 is 70.6 Å². The number of thioether (sulfide) groups is 6. The molecular weight excluding hydrogens is 1090 g/mol. The van der Waals surface area contributed by atoms with Crippen molar-refractivity contribution in [1.82, 2.24) is 15.0 Å². The van der Waals surface area contributed by atoms with Gasteiger partial charge in [0.05, 0.1) is 0 Å². The van der Waals surface area contributed by atoms with Crippen LogP contribution in [0.15, 0.2) is 77.9 Å². The lowest BCUT2D eigenvalue weighted by atomic mass is 10.1. The number of anilines is 4. The number of nitrogens with one attached hydrogen (secondary N) is 2. The van der Waals surface area contributed by atoms with Crippen molar-refractivity contribution in [3.8, 4) is 11.4 Å². The van der Waals surface area contributed by atoms with Gasteiger partial charge < -0.3 is 10.6 Å². The molecule has 2 N–H and O–H groups in total. The molecule has 4 aromatic rings. The molecule has 3 aromatic carbocycles. The summed E-state index contributed by atoms with van der Waals surface area (Å²) >= 11 is 12.5. The van der Waals surface area contributed by atoms with E-state index in [0.29, 0.717) is 17.7 Å². The molecule has 1 radical (unpaired) electrons. The van der Waals surface area contributed by atoms with Gasteiger partial charge in [0, 0.05) is 46.3 Å². The highest BCUT2D eigenvalue weighted by atomic mass is 32.2. The van der Waals surface area contributed by atoms with Gasteiger partial charge in [0.25, 0.3) is 0 Å². The fourth-order valence-electron chi connectivity index (χ4n) is 9.79. The molecule has 0 aliphatic heterocycles. The van der Waals surface area contributed by atoms with Crippen LogP contribution in [0, 0.1) is 6.07 Å². The molecule has 0 aliphatic carbocycles. The average molecular weight is 1200 g/mol. The zero-order chi connectivity index (χ0) is 56.8. The standard InChI is InChI=1S/C69H112N5S6/c1-7-13-19-25-31-40-48-75-61-54-59(55-62(76-49-41-32-26-20-14-8-2)65(61)79-52-44-35-29-23-17-11-5)70-68-72-67(58-46-38-37-39-47-58)73-69(74-68)71-60-56-63(77-50-42-33-27-21-15-9-3)66(80-53-45-36-30-24-18-12-6)64(57-60)78-51-43-34-28-22-16-10-4/h38-39,46-47,54-57H,7-36,40-45,48-53H2,1-6H3,(H2,70,71,72,73,74).